The van der Waals surface area contributed by atoms with Gasteiger partial charge in [-0.1, -0.05) is 16.6 Å². The average Bonchev–Trinajstić information content (AvgIpc) is 3.01. The van der Waals surface area contributed by atoms with Gasteiger partial charge in [-0.05, 0) is 35.8 Å². The molecule has 3 rings (SSSR count). The Morgan fingerprint density at radius 3 is 2.39 bits per heavy atom. The summed E-state index contributed by atoms with van der Waals surface area (Å²) in [5.41, 5.74) is 1.70. The molecule has 0 aliphatic heterocycles. The molecule has 0 saturated heterocycles. The minimum Gasteiger partial charge on any atom is -0.280 e. The predicted octanol–water partition coefficient (Wildman–Crippen LogP) is 3.28. The van der Waals surface area contributed by atoms with Crippen molar-refractivity contribution in [1.29, 1.82) is 0 Å². The first-order valence-electron chi connectivity index (χ1n) is 6.31. The van der Waals surface area contributed by atoms with E-state index >= 15 is 0 Å². The molecule has 1 N–H and O–H groups in total. The van der Waals surface area contributed by atoms with Crippen LogP contribution >= 0.6 is 11.5 Å². The van der Waals surface area contributed by atoms with E-state index in [1.165, 1.54) is 23.7 Å². The zero-order valence-electron chi connectivity index (χ0n) is 11.4. The van der Waals surface area contributed by atoms with E-state index in [1.807, 2.05) is 0 Å². The van der Waals surface area contributed by atoms with Crippen LogP contribution in [-0.4, -0.2) is 18.0 Å². The van der Waals surface area contributed by atoms with Crippen LogP contribution in [0.25, 0.3) is 11.3 Å². The molecule has 0 radical (unpaired) electrons. The predicted molar refractivity (Wildman–Crippen MR) is 82.5 cm³/mol. The molecule has 3 aromatic rings. The second-order valence-corrected chi connectivity index (χ2v) is 6.81. The zero-order valence-corrected chi connectivity index (χ0v) is 13.0. The summed E-state index contributed by atoms with van der Waals surface area (Å²) in [6, 6.07) is 8.65. The number of nitrogens with zero attached hydrogens (tertiary/aromatic N) is 2. The van der Waals surface area contributed by atoms with Crippen LogP contribution in [0.2, 0.25) is 0 Å². The van der Waals surface area contributed by atoms with E-state index in [1.54, 1.807) is 17.5 Å². The molecule has 0 bridgehead atoms. The molecule has 0 spiro atoms. The molecule has 0 aliphatic carbocycles. The van der Waals surface area contributed by atoms with Crippen molar-refractivity contribution in [3.63, 3.8) is 0 Å². The number of anilines is 1. The highest BCUT2D eigenvalue weighted by Gasteiger charge is 2.19. The maximum absolute atomic E-state index is 13.6. The Morgan fingerprint density at radius 2 is 1.78 bits per heavy atom. The summed E-state index contributed by atoms with van der Waals surface area (Å²) in [7, 11) is -4.14. The van der Waals surface area contributed by atoms with Gasteiger partial charge < -0.3 is 0 Å². The second-order valence-electron chi connectivity index (χ2n) is 4.55. The van der Waals surface area contributed by atoms with E-state index in [9.17, 15) is 17.2 Å². The van der Waals surface area contributed by atoms with Gasteiger partial charge in [0.25, 0.3) is 10.0 Å². The molecule has 0 unspecified atom stereocenters. The molecule has 23 heavy (non-hydrogen) atoms. The summed E-state index contributed by atoms with van der Waals surface area (Å²) in [6.45, 7) is 0. The van der Waals surface area contributed by atoms with E-state index in [4.69, 9.17) is 0 Å². The highest BCUT2D eigenvalue weighted by atomic mass is 32.2. The van der Waals surface area contributed by atoms with Crippen molar-refractivity contribution < 1.29 is 17.2 Å². The molecular weight excluding hydrogens is 344 g/mol. The van der Waals surface area contributed by atoms with Gasteiger partial charge in [0, 0.05) is 22.7 Å². The van der Waals surface area contributed by atoms with Gasteiger partial charge in [0.05, 0.1) is 0 Å². The normalized spacial score (nSPS) is 11.4. The minimum atomic E-state index is -4.14. The fourth-order valence-electron chi connectivity index (χ4n) is 1.90. The molecule has 1 heterocycles. The number of benzene rings is 2. The maximum Gasteiger partial charge on any atom is 0.264 e. The highest BCUT2D eigenvalue weighted by Crippen LogP contribution is 2.23. The van der Waals surface area contributed by atoms with Crippen LogP contribution in [0.4, 0.5) is 14.5 Å². The van der Waals surface area contributed by atoms with Crippen molar-refractivity contribution in [1.82, 2.24) is 9.59 Å². The zero-order chi connectivity index (χ0) is 16.4. The molecule has 2 aromatic carbocycles. The minimum absolute atomic E-state index is 0.251. The van der Waals surface area contributed by atoms with E-state index in [0.717, 1.165) is 17.7 Å². The van der Waals surface area contributed by atoms with Crippen molar-refractivity contribution in [3.8, 4) is 11.3 Å². The van der Waals surface area contributed by atoms with Gasteiger partial charge in [0.1, 0.15) is 22.2 Å². The third-order valence-corrected chi connectivity index (χ3v) is 4.90. The average molecular weight is 353 g/mol. The maximum atomic E-state index is 13.6. The molecule has 0 atom stereocenters. The lowest BCUT2D eigenvalue weighted by molar-refractivity contribution is 0.551. The largest absolute Gasteiger partial charge is 0.280 e. The molecular formula is C14H9F2N3O2S2. The summed E-state index contributed by atoms with van der Waals surface area (Å²) < 4.78 is 56.8. The topological polar surface area (TPSA) is 72.0 Å². The third-order valence-electron chi connectivity index (χ3n) is 2.98. The molecule has 9 heteroatoms. The summed E-state index contributed by atoms with van der Waals surface area (Å²) in [4.78, 5) is -0.619. The van der Waals surface area contributed by atoms with Crippen molar-refractivity contribution in [2.24, 2.45) is 0 Å². The Kier molecular flexibility index (Phi) is 4.05. The molecule has 0 fully saturated rings. The number of halogens is 2. The molecule has 0 amide bonds. The molecule has 118 valence electrons. The summed E-state index contributed by atoms with van der Waals surface area (Å²) in [6.07, 6.45) is 0. The lowest BCUT2D eigenvalue weighted by Crippen LogP contribution is -2.14. The van der Waals surface area contributed by atoms with Gasteiger partial charge in [-0.25, -0.2) is 17.2 Å². The van der Waals surface area contributed by atoms with Crippen molar-refractivity contribution >= 4 is 27.2 Å². The highest BCUT2D eigenvalue weighted by molar-refractivity contribution is 7.92. The van der Waals surface area contributed by atoms with Crippen LogP contribution in [0.1, 0.15) is 0 Å². The summed E-state index contributed by atoms with van der Waals surface area (Å²) in [5, 5.41) is 5.66. The Morgan fingerprint density at radius 1 is 1.04 bits per heavy atom. The number of nitrogens with one attached hydrogen (secondary N) is 1. The second kappa shape index (κ2) is 6.01. The van der Waals surface area contributed by atoms with Gasteiger partial charge in [-0.3, -0.25) is 4.72 Å². The van der Waals surface area contributed by atoms with Crippen molar-refractivity contribution in [3.05, 3.63) is 59.5 Å². The SMILES string of the molecule is O=S(=O)(Nc1ccc(-c2csnn2)cc1)c1ccc(F)cc1F. The van der Waals surface area contributed by atoms with Crippen LogP contribution in [0.15, 0.2) is 52.7 Å². The standard InChI is InChI=1S/C14H9F2N3O2S2/c15-10-3-6-14(12(16)7-10)23(20,21)18-11-4-1-9(2-5-11)13-8-22-19-17-13/h1-8,18H. The Hall–Kier alpha value is -2.39. The van der Waals surface area contributed by atoms with Crippen LogP contribution in [0.5, 0.6) is 0 Å². The van der Waals surface area contributed by atoms with Crippen molar-refractivity contribution in [2.45, 2.75) is 4.90 Å². The van der Waals surface area contributed by atoms with E-state index < -0.39 is 26.6 Å². The van der Waals surface area contributed by atoms with Gasteiger partial charge >= 0.3 is 0 Å². The smallest absolute Gasteiger partial charge is 0.264 e. The van der Waals surface area contributed by atoms with Crippen molar-refractivity contribution in [2.75, 3.05) is 4.72 Å². The Bertz CT molecular complexity index is 927. The molecule has 5 nitrogen and oxygen atoms in total. The third kappa shape index (κ3) is 3.35. The van der Waals surface area contributed by atoms with Gasteiger partial charge in [-0.2, -0.15) is 0 Å². The van der Waals surface area contributed by atoms with Crippen LogP contribution in [0, 0.1) is 11.6 Å². The first-order chi connectivity index (χ1) is 11.0. The molecule has 0 saturated carbocycles. The molecule has 0 aliphatic rings. The summed E-state index contributed by atoms with van der Waals surface area (Å²) >= 11 is 1.20. The lowest BCUT2D eigenvalue weighted by Gasteiger charge is -2.09. The molecule has 1 aromatic heterocycles. The Balaban J connectivity index is 1.86. The first kappa shape index (κ1) is 15.5. The summed E-state index contributed by atoms with van der Waals surface area (Å²) in [5.74, 6) is -2.00. The van der Waals surface area contributed by atoms with Crippen LogP contribution in [-0.2, 0) is 10.0 Å². The number of hydrogen-bond donors (Lipinski definition) is 1. The fraction of sp³-hybridized carbons (Fsp3) is 0. The van der Waals surface area contributed by atoms with Gasteiger partial charge in [-0.15, -0.1) is 5.10 Å². The monoisotopic (exact) mass is 353 g/mol. The number of rotatable bonds is 4. The quantitative estimate of drug-likeness (QED) is 0.781. The van der Waals surface area contributed by atoms with E-state index in [0.29, 0.717) is 11.8 Å². The van der Waals surface area contributed by atoms with E-state index in [2.05, 4.69) is 14.3 Å². The van der Waals surface area contributed by atoms with Crippen LogP contribution < -0.4 is 4.72 Å². The van der Waals surface area contributed by atoms with Gasteiger partial charge in [0.2, 0.25) is 0 Å². The van der Waals surface area contributed by atoms with Crippen LogP contribution in [0.3, 0.4) is 0 Å². The number of aromatic nitrogens is 2. The fourth-order valence-corrected chi connectivity index (χ4v) is 3.49. The van der Waals surface area contributed by atoms with Gasteiger partial charge in [0.15, 0.2) is 0 Å². The van der Waals surface area contributed by atoms with E-state index in [-0.39, 0.29) is 5.69 Å². The number of sulfonamides is 1. The first-order valence-corrected chi connectivity index (χ1v) is 8.63. The Labute approximate surface area is 134 Å². The number of hydrogen-bond acceptors (Lipinski definition) is 5. The lowest BCUT2D eigenvalue weighted by atomic mass is 10.2.